The molecule has 0 radical (unpaired) electrons. The Kier molecular flexibility index (Phi) is 5.76. The molecule has 0 aliphatic carbocycles. The Bertz CT molecular complexity index is 338. The lowest BCUT2D eigenvalue weighted by Gasteiger charge is -2.22. The van der Waals surface area contributed by atoms with Crippen LogP contribution < -0.4 is 5.32 Å². The van der Waals surface area contributed by atoms with Crippen molar-refractivity contribution in [3.8, 4) is 0 Å². The fraction of sp³-hybridized carbons (Fsp3) is 0.900. The maximum Gasteiger partial charge on any atom is 0.240 e. The van der Waals surface area contributed by atoms with E-state index in [-0.39, 0.29) is 5.38 Å². The maximum atomic E-state index is 11.7. The number of halogens is 1. The van der Waals surface area contributed by atoms with Crippen molar-refractivity contribution in [1.29, 1.82) is 0 Å². The van der Waals surface area contributed by atoms with Gasteiger partial charge in [0.25, 0.3) is 0 Å². The van der Waals surface area contributed by atoms with Gasteiger partial charge in [-0.3, -0.25) is 4.79 Å². The summed E-state index contributed by atoms with van der Waals surface area (Å²) in [5.74, 6) is -0.503. The van der Waals surface area contributed by atoms with Gasteiger partial charge in [-0.25, -0.2) is 8.42 Å². The molecule has 0 saturated carbocycles. The molecule has 0 heterocycles. The van der Waals surface area contributed by atoms with E-state index in [2.05, 4.69) is 5.32 Å². The summed E-state index contributed by atoms with van der Waals surface area (Å²) in [5.41, 5.74) is 0. The number of sulfone groups is 1. The predicted molar refractivity (Wildman–Crippen MR) is 66.5 cm³/mol. The van der Waals surface area contributed by atoms with Crippen LogP contribution in [0, 0.1) is 0 Å². The van der Waals surface area contributed by atoms with Crippen molar-refractivity contribution in [2.45, 2.75) is 43.7 Å². The first-order valence-corrected chi connectivity index (χ1v) is 7.57. The average Bonchev–Trinajstić information content (AvgIpc) is 2.12. The summed E-state index contributed by atoms with van der Waals surface area (Å²) in [4.78, 5) is 11.7. The summed E-state index contributed by atoms with van der Waals surface area (Å²) in [5, 5.41) is 2.42. The fourth-order valence-corrected chi connectivity index (χ4v) is 1.70. The zero-order valence-electron chi connectivity index (χ0n) is 10.2. The van der Waals surface area contributed by atoms with Crippen LogP contribution in [0.3, 0.4) is 0 Å². The van der Waals surface area contributed by atoms with Crippen molar-refractivity contribution >= 4 is 27.3 Å². The van der Waals surface area contributed by atoms with E-state index in [0.717, 1.165) is 19.1 Å². The van der Waals surface area contributed by atoms with Crippen LogP contribution >= 0.6 is 11.6 Å². The largest absolute Gasteiger partial charge is 0.353 e. The molecule has 16 heavy (non-hydrogen) atoms. The second-order valence-electron chi connectivity index (χ2n) is 4.38. The van der Waals surface area contributed by atoms with Gasteiger partial charge in [0.15, 0.2) is 9.84 Å². The van der Waals surface area contributed by atoms with Crippen molar-refractivity contribution in [2.75, 3.05) is 12.8 Å². The summed E-state index contributed by atoms with van der Waals surface area (Å²) in [6.45, 7) is 5.08. The summed E-state index contributed by atoms with van der Waals surface area (Å²) < 4.78 is 21.3. The molecule has 1 unspecified atom stereocenters. The standard InChI is InChI=1S/C10H20ClNO3S/c1-5-6-8(11)7-12-9(13)10(2,3)16(4,14)15/h8H,5-7H2,1-4H3,(H,12,13). The molecule has 0 saturated heterocycles. The minimum atomic E-state index is -3.42. The predicted octanol–water partition coefficient (Wildman–Crippen LogP) is 1.33. The number of nitrogens with one attached hydrogen (secondary N) is 1. The van der Waals surface area contributed by atoms with Gasteiger partial charge < -0.3 is 5.32 Å². The van der Waals surface area contributed by atoms with Crippen LogP contribution in [0.2, 0.25) is 0 Å². The summed E-state index contributed by atoms with van der Waals surface area (Å²) >= 11 is 5.93. The third kappa shape index (κ3) is 4.29. The number of carbonyl (C=O) groups is 1. The van der Waals surface area contributed by atoms with E-state index in [1.807, 2.05) is 6.92 Å². The molecule has 0 bridgehead atoms. The Morgan fingerprint density at radius 3 is 2.31 bits per heavy atom. The third-order valence-corrected chi connectivity index (χ3v) is 4.97. The first-order valence-electron chi connectivity index (χ1n) is 5.25. The molecular formula is C10H20ClNO3S. The number of hydrogen-bond acceptors (Lipinski definition) is 3. The maximum absolute atomic E-state index is 11.7. The fourth-order valence-electron chi connectivity index (χ4n) is 1.000. The minimum absolute atomic E-state index is 0.149. The Labute approximate surface area is 103 Å². The quantitative estimate of drug-likeness (QED) is 0.740. The highest BCUT2D eigenvalue weighted by Gasteiger charge is 2.38. The topological polar surface area (TPSA) is 63.2 Å². The molecular weight excluding hydrogens is 250 g/mol. The van der Waals surface area contributed by atoms with Gasteiger partial charge in [-0.15, -0.1) is 11.6 Å². The van der Waals surface area contributed by atoms with Crippen LogP contribution in [0.25, 0.3) is 0 Å². The van der Waals surface area contributed by atoms with Crippen LogP contribution in [0.5, 0.6) is 0 Å². The molecule has 6 heteroatoms. The van der Waals surface area contributed by atoms with Gasteiger partial charge in [-0.05, 0) is 20.3 Å². The van der Waals surface area contributed by atoms with Gasteiger partial charge in [0.1, 0.15) is 4.75 Å². The Balaban J connectivity index is 4.38. The van der Waals surface area contributed by atoms with E-state index in [1.165, 1.54) is 13.8 Å². The second kappa shape index (κ2) is 5.87. The lowest BCUT2D eigenvalue weighted by atomic mass is 10.2. The van der Waals surface area contributed by atoms with Gasteiger partial charge in [0, 0.05) is 12.8 Å². The smallest absolute Gasteiger partial charge is 0.240 e. The van der Waals surface area contributed by atoms with E-state index in [9.17, 15) is 13.2 Å². The first-order chi connectivity index (χ1) is 7.13. The molecule has 96 valence electrons. The van der Waals surface area contributed by atoms with Gasteiger partial charge in [-0.2, -0.15) is 0 Å². The highest BCUT2D eigenvalue weighted by Crippen LogP contribution is 2.15. The van der Waals surface area contributed by atoms with Gasteiger partial charge in [0.2, 0.25) is 5.91 Å². The van der Waals surface area contributed by atoms with Gasteiger partial charge in [-0.1, -0.05) is 13.3 Å². The molecule has 0 aliphatic heterocycles. The number of amides is 1. The van der Waals surface area contributed by atoms with E-state index < -0.39 is 20.5 Å². The number of carbonyl (C=O) groups excluding carboxylic acids is 1. The van der Waals surface area contributed by atoms with Crippen LogP contribution in [0.4, 0.5) is 0 Å². The van der Waals surface area contributed by atoms with E-state index in [1.54, 1.807) is 0 Å². The molecule has 0 fully saturated rings. The molecule has 0 aromatic heterocycles. The molecule has 0 aromatic rings. The Morgan fingerprint density at radius 2 is 1.94 bits per heavy atom. The SMILES string of the molecule is CCCC(Cl)CNC(=O)C(C)(C)S(C)(=O)=O. The van der Waals surface area contributed by atoms with Crippen LogP contribution in [0.15, 0.2) is 0 Å². The summed E-state index contributed by atoms with van der Waals surface area (Å²) in [7, 11) is -3.42. The van der Waals surface area contributed by atoms with Gasteiger partial charge in [0.05, 0.1) is 5.38 Å². The average molecular weight is 270 g/mol. The molecule has 0 rings (SSSR count). The molecule has 0 aromatic carbocycles. The zero-order valence-corrected chi connectivity index (χ0v) is 11.8. The lowest BCUT2D eigenvalue weighted by Crippen LogP contribution is -2.48. The van der Waals surface area contributed by atoms with Crippen LogP contribution in [-0.2, 0) is 14.6 Å². The van der Waals surface area contributed by atoms with Crippen molar-refractivity contribution in [2.24, 2.45) is 0 Å². The van der Waals surface area contributed by atoms with E-state index in [0.29, 0.717) is 6.54 Å². The third-order valence-electron chi connectivity index (χ3n) is 2.56. The summed E-state index contributed by atoms with van der Waals surface area (Å²) in [6.07, 6.45) is 2.78. The normalized spacial score (nSPS) is 14.6. The summed E-state index contributed by atoms with van der Waals surface area (Å²) in [6, 6.07) is 0. The lowest BCUT2D eigenvalue weighted by molar-refractivity contribution is -0.122. The van der Waals surface area contributed by atoms with E-state index in [4.69, 9.17) is 11.6 Å². The second-order valence-corrected chi connectivity index (χ2v) is 7.56. The number of hydrogen-bond donors (Lipinski definition) is 1. The number of rotatable bonds is 6. The van der Waals surface area contributed by atoms with Crippen molar-refractivity contribution in [1.82, 2.24) is 5.32 Å². The van der Waals surface area contributed by atoms with Crippen molar-refractivity contribution < 1.29 is 13.2 Å². The van der Waals surface area contributed by atoms with Crippen LogP contribution in [0.1, 0.15) is 33.6 Å². The molecule has 1 amide bonds. The zero-order chi connectivity index (χ0) is 13.0. The first kappa shape index (κ1) is 15.7. The molecule has 0 spiro atoms. The van der Waals surface area contributed by atoms with Crippen molar-refractivity contribution in [3.63, 3.8) is 0 Å². The van der Waals surface area contributed by atoms with Gasteiger partial charge >= 0.3 is 0 Å². The van der Waals surface area contributed by atoms with E-state index >= 15 is 0 Å². The monoisotopic (exact) mass is 269 g/mol. The molecule has 1 atom stereocenters. The molecule has 1 N–H and O–H groups in total. The Morgan fingerprint density at radius 1 is 1.44 bits per heavy atom. The van der Waals surface area contributed by atoms with Crippen molar-refractivity contribution in [3.05, 3.63) is 0 Å². The number of alkyl halides is 1. The highest BCUT2D eigenvalue weighted by atomic mass is 35.5. The Hall–Kier alpha value is -0.290. The molecule has 0 aliphatic rings. The molecule has 4 nitrogen and oxygen atoms in total. The minimum Gasteiger partial charge on any atom is -0.353 e. The van der Waals surface area contributed by atoms with Crippen LogP contribution in [-0.4, -0.2) is 37.2 Å². The highest BCUT2D eigenvalue weighted by molar-refractivity contribution is 7.92.